The molecule has 0 aliphatic heterocycles. The van der Waals surface area contributed by atoms with Crippen LogP contribution in [-0.4, -0.2) is 0 Å². The zero-order valence-electron chi connectivity index (χ0n) is 9.57. The normalized spacial score (nSPS) is 45.9. The van der Waals surface area contributed by atoms with Crippen molar-refractivity contribution >= 4 is 0 Å². The van der Waals surface area contributed by atoms with Crippen LogP contribution in [0.2, 0.25) is 0 Å². The van der Waals surface area contributed by atoms with Gasteiger partial charge in [0, 0.05) is 1.37 Å². The molecule has 0 nitrogen and oxygen atoms in total. The fourth-order valence-corrected chi connectivity index (χ4v) is 1.80. The third-order valence-corrected chi connectivity index (χ3v) is 3.47. The van der Waals surface area contributed by atoms with Gasteiger partial charge in [-0.3, -0.25) is 0 Å². The lowest BCUT2D eigenvalue weighted by molar-refractivity contribution is 0.000829. The molecule has 66 valence electrons. The Labute approximate surface area is 72.8 Å². The SMILES string of the molecule is [2H]C1(C(C)C)CC(C)(C(C)C)C1. The van der Waals surface area contributed by atoms with Crippen LogP contribution in [0.4, 0.5) is 0 Å². The minimum absolute atomic E-state index is 0.112. The summed E-state index contributed by atoms with van der Waals surface area (Å²) < 4.78 is 8.17. The maximum Gasteiger partial charge on any atom is 0.0306 e. The van der Waals surface area contributed by atoms with Gasteiger partial charge in [0.15, 0.2) is 0 Å². The number of hydrogen-bond acceptors (Lipinski definition) is 0. The Bertz CT molecular complexity index is 146. The monoisotopic (exact) mass is 155 g/mol. The standard InChI is InChI=1S/C11H22/c1-8(2)10-6-11(5,7-10)9(3)4/h8-10H,6-7H2,1-5H3/i10D. The largest absolute Gasteiger partial charge is 0.0625 e. The van der Waals surface area contributed by atoms with E-state index in [0.29, 0.717) is 11.3 Å². The Morgan fingerprint density at radius 1 is 1.27 bits per heavy atom. The summed E-state index contributed by atoms with van der Waals surface area (Å²) in [7, 11) is 0. The quantitative estimate of drug-likeness (QED) is 0.570. The van der Waals surface area contributed by atoms with Gasteiger partial charge in [0.05, 0.1) is 0 Å². The Morgan fingerprint density at radius 2 is 1.73 bits per heavy atom. The van der Waals surface area contributed by atoms with Crippen molar-refractivity contribution in [1.29, 1.82) is 0 Å². The molecule has 1 rings (SSSR count). The first-order chi connectivity index (χ1) is 5.30. The molecule has 0 spiro atoms. The van der Waals surface area contributed by atoms with Crippen molar-refractivity contribution in [2.75, 3.05) is 0 Å². The molecule has 1 saturated carbocycles. The third kappa shape index (κ3) is 1.60. The molecule has 0 aromatic rings. The van der Waals surface area contributed by atoms with Crippen LogP contribution in [0.5, 0.6) is 0 Å². The Kier molecular flexibility index (Phi) is 1.95. The van der Waals surface area contributed by atoms with E-state index in [1.165, 1.54) is 0 Å². The van der Waals surface area contributed by atoms with Gasteiger partial charge in [-0.05, 0) is 36.0 Å². The predicted octanol–water partition coefficient (Wildman–Crippen LogP) is 3.71. The van der Waals surface area contributed by atoms with Crippen LogP contribution in [0.1, 0.15) is 48.8 Å². The predicted molar refractivity (Wildman–Crippen MR) is 50.5 cm³/mol. The molecular formula is C11H22. The van der Waals surface area contributed by atoms with Crippen LogP contribution in [0.3, 0.4) is 0 Å². The van der Waals surface area contributed by atoms with Crippen LogP contribution >= 0.6 is 0 Å². The van der Waals surface area contributed by atoms with Gasteiger partial charge in [-0.1, -0.05) is 34.6 Å². The van der Waals surface area contributed by atoms with Crippen molar-refractivity contribution in [3.63, 3.8) is 0 Å². The summed E-state index contributed by atoms with van der Waals surface area (Å²) in [6.07, 6.45) is 2.19. The number of rotatable bonds is 2. The van der Waals surface area contributed by atoms with Crippen LogP contribution in [0, 0.1) is 23.1 Å². The zero-order chi connectivity index (χ0) is 9.57. The first-order valence-corrected chi connectivity index (χ1v) is 4.80. The van der Waals surface area contributed by atoms with E-state index in [4.69, 9.17) is 1.37 Å². The smallest absolute Gasteiger partial charge is 0.0306 e. The second-order valence-corrected chi connectivity index (χ2v) is 4.98. The molecule has 1 aliphatic carbocycles. The van der Waals surface area contributed by atoms with Crippen LogP contribution in [0.15, 0.2) is 0 Å². The maximum absolute atomic E-state index is 8.17. The molecule has 0 N–H and O–H groups in total. The summed E-state index contributed by atoms with van der Waals surface area (Å²) in [5, 5.41) is 0. The first kappa shape index (κ1) is 7.64. The Morgan fingerprint density at radius 3 is 2.00 bits per heavy atom. The highest BCUT2D eigenvalue weighted by atomic mass is 14.5. The summed E-state index contributed by atoms with van der Waals surface area (Å²) in [5.41, 5.74) is 0.450. The summed E-state index contributed by atoms with van der Waals surface area (Å²) in [6.45, 7) is 11.2. The van der Waals surface area contributed by atoms with Crippen molar-refractivity contribution < 1.29 is 1.37 Å². The molecule has 0 unspecified atom stereocenters. The molecule has 0 atom stereocenters. The first-order valence-electron chi connectivity index (χ1n) is 5.30. The molecule has 0 radical (unpaired) electrons. The highest BCUT2D eigenvalue weighted by Crippen LogP contribution is 2.52. The third-order valence-electron chi connectivity index (χ3n) is 3.47. The van der Waals surface area contributed by atoms with Crippen molar-refractivity contribution in [3.8, 4) is 0 Å². The molecule has 0 heteroatoms. The van der Waals surface area contributed by atoms with Crippen molar-refractivity contribution in [1.82, 2.24) is 0 Å². The van der Waals surface area contributed by atoms with Gasteiger partial charge in [-0.25, -0.2) is 0 Å². The molecule has 0 amide bonds. The van der Waals surface area contributed by atoms with E-state index in [0.717, 1.165) is 18.8 Å². The fourth-order valence-electron chi connectivity index (χ4n) is 1.80. The van der Waals surface area contributed by atoms with E-state index < -0.39 is 0 Å². The van der Waals surface area contributed by atoms with Gasteiger partial charge in [0.2, 0.25) is 0 Å². The van der Waals surface area contributed by atoms with Gasteiger partial charge in [-0.15, -0.1) is 0 Å². The van der Waals surface area contributed by atoms with Gasteiger partial charge in [0.25, 0.3) is 0 Å². The second kappa shape index (κ2) is 2.80. The van der Waals surface area contributed by atoms with Crippen LogP contribution in [0.25, 0.3) is 0 Å². The van der Waals surface area contributed by atoms with E-state index >= 15 is 0 Å². The topological polar surface area (TPSA) is 0 Å². The highest BCUT2D eigenvalue weighted by molar-refractivity contribution is 4.93. The van der Waals surface area contributed by atoms with E-state index in [2.05, 4.69) is 34.6 Å². The Hall–Kier alpha value is 0. The lowest BCUT2D eigenvalue weighted by Gasteiger charge is -2.50. The lowest BCUT2D eigenvalue weighted by Crippen LogP contribution is -2.40. The summed E-state index contributed by atoms with van der Waals surface area (Å²) in [6, 6.07) is 0. The van der Waals surface area contributed by atoms with Crippen molar-refractivity contribution in [3.05, 3.63) is 0 Å². The minimum Gasteiger partial charge on any atom is -0.0625 e. The summed E-state index contributed by atoms with van der Waals surface area (Å²) in [5.74, 6) is 1.14. The highest BCUT2D eigenvalue weighted by Gasteiger charge is 2.43. The average Bonchev–Trinajstić information content (AvgIpc) is 1.83. The van der Waals surface area contributed by atoms with Crippen molar-refractivity contribution in [2.45, 2.75) is 47.5 Å². The van der Waals surface area contributed by atoms with E-state index in [9.17, 15) is 0 Å². The van der Waals surface area contributed by atoms with Crippen LogP contribution < -0.4 is 0 Å². The van der Waals surface area contributed by atoms with Gasteiger partial charge < -0.3 is 0 Å². The summed E-state index contributed by atoms with van der Waals surface area (Å²) >= 11 is 0. The minimum atomic E-state index is -0.112. The molecule has 0 aromatic carbocycles. The molecule has 0 saturated heterocycles. The van der Waals surface area contributed by atoms with Gasteiger partial charge >= 0.3 is 0 Å². The lowest BCUT2D eigenvalue weighted by atomic mass is 9.55. The van der Waals surface area contributed by atoms with E-state index in [1.54, 1.807) is 0 Å². The van der Waals surface area contributed by atoms with E-state index in [1.807, 2.05) is 0 Å². The molecule has 0 bridgehead atoms. The molecule has 0 aromatic heterocycles. The van der Waals surface area contributed by atoms with Gasteiger partial charge in [-0.2, -0.15) is 0 Å². The molecule has 0 heterocycles. The fraction of sp³-hybridized carbons (Fsp3) is 1.00. The Balaban J connectivity index is 2.56. The number of hydrogen-bond donors (Lipinski definition) is 0. The van der Waals surface area contributed by atoms with Crippen molar-refractivity contribution in [2.24, 2.45) is 23.1 Å². The summed E-state index contributed by atoms with van der Waals surface area (Å²) in [4.78, 5) is 0. The maximum atomic E-state index is 8.17. The van der Waals surface area contributed by atoms with E-state index in [-0.39, 0.29) is 5.89 Å². The average molecular weight is 155 g/mol. The molecule has 1 fully saturated rings. The second-order valence-electron chi connectivity index (χ2n) is 4.98. The van der Waals surface area contributed by atoms with Gasteiger partial charge in [0.1, 0.15) is 0 Å². The molecule has 11 heavy (non-hydrogen) atoms. The zero-order valence-corrected chi connectivity index (χ0v) is 8.57. The molecule has 1 aliphatic rings. The molecular weight excluding hydrogens is 132 g/mol. The van der Waals surface area contributed by atoms with Crippen LogP contribution in [-0.2, 0) is 0 Å².